The first-order valence-electron chi connectivity index (χ1n) is 12.8. The summed E-state index contributed by atoms with van der Waals surface area (Å²) >= 11 is 0. The van der Waals surface area contributed by atoms with E-state index in [1.807, 2.05) is 36.4 Å². The van der Waals surface area contributed by atoms with Crippen molar-refractivity contribution in [1.29, 1.82) is 0 Å². The Hall–Kier alpha value is -3.16. The van der Waals surface area contributed by atoms with E-state index in [9.17, 15) is 10.2 Å². The van der Waals surface area contributed by atoms with Crippen molar-refractivity contribution in [2.75, 3.05) is 52.6 Å². The molecule has 4 aromatic carbocycles. The molecular weight excluding hydrogens is 452 g/mol. The van der Waals surface area contributed by atoms with Gasteiger partial charge in [-0.25, -0.2) is 0 Å². The normalized spacial score (nSPS) is 17.7. The van der Waals surface area contributed by atoms with Crippen LogP contribution in [0.25, 0.3) is 32.7 Å². The van der Waals surface area contributed by atoms with Crippen LogP contribution in [0, 0.1) is 0 Å². The Bertz CT molecular complexity index is 1280. The summed E-state index contributed by atoms with van der Waals surface area (Å²) in [5.41, 5.74) is 3.14. The van der Waals surface area contributed by atoms with E-state index < -0.39 is 0 Å². The number of hydrogen-bond donors (Lipinski definition) is 2. The van der Waals surface area contributed by atoms with E-state index in [2.05, 4.69) is 34.1 Å². The predicted molar refractivity (Wildman–Crippen MR) is 142 cm³/mol. The molecule has 0 saturated carbocycles. The lowest BCUT2D eigenvalue weighted by Gasteiger charge is -2.28. The molecular formula is C30H32N2O4. The summed E-state index contributed by atoms with van der Waals surface area (Å²) in [6.45, 7) is 7.45. The molecule has 2 N–H and O–H groups in total. The molecule has 2 heterocycles. The van der Waals surface area contributed by atoms with Crippen molar-refractivity contribution >= 4 is 21.5 Å². The molecule has 0 spiro atoms. The summed E-state index contributed by atoms with van der Waals surface area (Å²) in [4.78, 5) is 4.62. The van der Waals surface area contributed by atoms with Gasteiger partial charge in [0.1, 0.15) is 11.5 Å². The average molecular weight is 485 g/mol. The number of benzene rings is 4. The summed E-state index contributed by atoms with van der Waals surface area (Å²) in [5, 5.41) is 27.5. The van der Waals surface area contributed by atoms with Gasteiger partial charge in [0.25, 0.3) is 0 Å². The molecule has 186 valence electrons. The summed E-state index contributed by atoms with van der Waals surface area (Å²) in [5.74, 6) is 0.480. The highest BCUT2D eigenvalue weighted by Gasteiger charge is 2.24. The maximum absolute atomic E-state index is 11.8. The fraction of sp³-hybridized carbons (Fsp3) is 0.333. The zero-order valence-electron chi connectivity index (χ0n) is 20.4. The molecule has 6 heteroatoms. The first-order chi connectivity index (χ1) is 17.7. The third kappa shape index (κ3) is 4.42. The molecule has 2 aliphatic rings. The molecule has 6 nitrogen and oxygen atoms in total. The summed E-state index contributed by atoms with van der Waals surface area (Å²) in [6.07, 6.45) is 0. The minimum absolute atomic E-state index is 0.240. The predicted octanol–water partition coefficient (Wildman–Crippen LogP) is 4.74. The van der Waals surface area contributed by atoms with Crippen LogP contribution < -0.4 is 0 Å². The summed E-state index contributed by atoms with van der Waals surface area (Å²) < 4.78 is 11.0. The lowest BCUT2D eigenvalue weighted by atomic mass is 9.88. The maximum atomic E-state index is 11.8. The van der Waals surface area contributed by atoms with Crippen LogP contribution in [0.1, 0.15) is 11.1 Å². The highest BCUT2D eigenvalue weighted by molar-refractivity contribution is 6.10. The molecule has 0 amide bonds. The lowest BCUT2D eigenvalue weighted by Crippen LogP contribution is -2.35. The van der Waals surface area contributed by atoms with Gasteiger partial charge in [-0.05, 0) is 33.7 Å². The van der Waals surface area contributed by atoms with E-state index in [4.69, 9.17) is 9.47 Å². The van der Waals surface area contributed by atoms with E-state index in [-0.39, 0.29) is 11.5 Å². The molecule has 2 fully saturated rings. The molecule has 6 rings (SSSR count). The lowest BCUT2D eigenvalue weighted by molar-refractivity contribution is 0.0338. The van der Waals surface area contributed by atoms with E-state index in [1.165, 1.54) is 0 Å². The second-order valence-corrected chi connectivity index (χ2v) is 9.74. The number of morpholine rings is 2. The van der Waals surface area contributed by atoms with Crippen LogP contribution in [0.3, 0.4) is 0 Å². The van der Waals surface area contributed by atoms with Gasteiger partial charge in [-0.15, -0.1) is 0 Å². The minimum Gasteiger partial charge on any atom is -0.507 e. The monoisotopic (exact) mass is 484 g/mol. The standard InChI is InChI=1S/C30H32N2O4/c33-29-23(19-31-9-13-35-14-10-31)17-21-5-1-3-7-25(21)27(29)28-26-8-4-2-6-22(26)18-24(30(28)34)20-32-11-15-36-16-12-32/h1-8,17-18,33-34H,9-16,19-20H2. The van der Waals surface area contributed by atoms with E-state index in [0.29, 0.717) is 50.6 Å². The molecule has 2 aliphatic heterocycles. The zero-order valence-corrected chi connectivity index (χ0v) is 20.4. The molecule has 2 saturated heterocycles. The van der Waals surface area contributed by atoms with Gasteiger partial charge in [0.05, 0.1) is 26.4 Å². The first-order valence-corrected chi connectivity index (χ1v) is 12.8. The molecule has 0 unspecified atom stereocenters. The SMILES string of the molecule is Oc1c(CN2CCOCC2)cc2ccccc2c1-c1c(O)c(CN2CCOCC2)cc2ccccc12. The smallest absolute Gasteiger partial charge is 0.128 e. The Morgan fingerprint density at radius 1 is 0.583 bits per heavy atom. The number of rotatable bonds is 5. The van der Waals surface area contributed by atoms with Crippen molar-refractivity contribution in [3.8, 4) is 22.6 Å². The zero-order chi connectivity index (χ0) is 24.5. The second-order valence-electron chi connectivity index (χ2n) is 9.74. The van der Waals surface area contributed by atoms with Crippen molar-refractivity contribution in [3.63, 3.8) is 0 Å². The molecule has 0 bridgehead atoms. The molecule has 36 heavy (non-hydrogen) atoms. The van der Waals surface area contributed by atoms with Gasteiger partial charge in [-0.3, -0.25) is 9.80 Å². The van der Waals surface area contributed by atoms with E-state index in [1.54, 1.807) is 0 Å². The third-order valence-corrected chi connectivity index (χ3v) is 7.45. The van der Waals surface area contributed by atoms with Crippen molar-refractivity contribution < 1.29 is 19.7 Å². The molecule has 0 radical (unpaired) electrons. The molecule has 0 atom stereocenters. The van der Waals surface area contributed by atoms with E-state index in [0.717, 1.165) is 58.9 Å². The second kappa shape index (κ2) is 10.1. The molecule has 0 aromatic heterocycles. The number of phenols is 2. The number of nitrogens with zero attached hydrogens (tertiary/aromatic N) is 2. The van der Waals surface area contributed by atoms with Crippen molar-refractivity contribution in [2.24, 2.45) is 0 Å². The van der Waals surface area contributed by atoms with Crippen LogP contribution in [0.2, 0.25) is 0 Å². The fourth-order valence-electron chi connectivity index (χ4n) is 5.54. The van der Waals surface area contributed by atoms with Crippen molar-refractivity contribution in [2.45, 2.75) is 13.1 Å². The van der Waals surface area contributed by atoms with Crippen LogP contribution in [0.5, 0.6) is 11.5 Å². The van der Waals surface area contributed by atoms with Crippen LogP contribution >= 0.6 is 0 Å². The first kappa shape index (κ1) is 23.3. The Morgan fingerprint density at radius 3 is 1.39 bits per heavy atom. The van der Waals surface area contributed by atoms with Gasteiger partial charge in [0.2, 0.25) is 0 Å². The van der Waals surface area contributed by atoms with Gasteiger partial charge in [0.15, 0.2) is 0 Å². The number of ether oxygens (including phenoxy) is 2. The quantitative estimate of drug-likeness (QED) is 0.427. The van der Waals surface area contributed by atoms with Gasteiger partial charge in [-0.1, -0.05) is 48.5 Å². The summed E-state index contributed by atoms with van der Waals surface area (Å²) in [7, 11) is 0. The van der Waals surface area contributed by atoms with Gasteiger partial charge in [0, 0.05) is 61.5 Å². The minimum atomic E-state index is 0.240. The van der Waals surface area contributed by atoms with Gasteiger partial charge in [-0.2, -0.15) is 0 Å². The number of hydrogen-bond acceptors (Lipinski definition) is 6. The summed E-state index contributed by atoms with van der Waals surface area (Å²) in [6, 6.07) is 20.4. The molecule has 0 aliphatic carbocycles. The van der Waals surface area contributed by atoms with Gasteiger partial charge >= 0.3 is 0 Å². The fourth-order valence-corrected chi connectivity index (χ4v) is 5.54. The van der Waals surface area contributed by atoms with Crippen LogP contribution in [-0.2, 0) is 22.6 Å². The Labute approximate surface area is 211 Å². The number of phenolic OH excluding ortho intramolecular Hbond substituents is 2. The number of aromatic hydroxyl groups is 2. The Morgan fingerprint density at radius 2 is 0.972 bits per heavy atom. The molecule has 4 aromatic rings. The van der Waals surface area contributed by atoms with Crippen LogP contribution in [0.15, 0.2) is 60.7 Å². The third-order valence-electron chi connectivity index (χ3n) is 7.45. The maximum Gasteiger partial charge on any atom is 0.128 e. The average Bonchev–Trinajstić information content (AvgIpc) is 2.92. The highest BCUT2D eigenvalue weighted by atomic mass is 16.5. The van der Waals surface area contributed by atoms with Gasteiger partial charge < -0.3 is 19.7 Å². The van der Waals surface area contributed by atoms with Crippen LogP contribution in [0.4, 0.5) is 0 Å². The van der Waals surface area contributed by atoms with Crippen molar-refractivity contribution in [1.82, 2.24) is 9.80 Å². The Kier molecular flexibility index (Phi) is 6.50. The topological polar surface area (TPSA) is 65.4 Å². The number of fused-ring (bicyclic) bond motifs is 2. The Balaban J connectivity index is 1.55. The van der Waals surface area contributed by atoms with Crippen LogP contribution in [-0.4, -0.2) is 72.6 Å². The van der Waals surface area contributed by atoms with E-state index >= 15 is 0 Å². The van der Waals surface area contributed by atoms with Crippen molar-refractivity contribution in [3.05, 3.63) is 71.8 Å². The largest absolute Gasteiger partial charge is 0.507 e. The highest BCUT2D eigenvalue weighted by Crippen LogP contribution is 2.48.